The molecule has 4 rings (SSSR count). The first kappa shape index (κ1) is 21.1. The fourth-order valence-corrected chi connectivity index (χ4v) is 5.04. The summed E-state index contributed by atoms with van der Waals surface area (Å²) in [5.74, 6) is -1.64. The molecule has 0 amide bonds. The lowest BCUT2D eigenvalue weighted by Crippen LogP contribution is -2.38. The van der Waals surface area contributed by atoms with E-state index in [2.05, 4.69) is 10.1 Å². The molecule has 1 aliphatic rings. The Morgan fingerprint density at radius 3 is 2.48 bits per heavy atom. The fraction of sp³-hybridized carbons (Fsp3) is 0.286. The standard InChI is InChI=1S/C21H20FN3O5S/c1-13-2-4-14(5-3-13)19-23-20(30-24-19)15-8-10-25(11-9-15)31(28,29)16-6-7-18(22)17(12-16)21(26)27/h2-7,12,15H,8-11H2,1H3,(H,26,27). The molecule has 10 heteroatoms. The Morgan fingerprint density at radius 1 is 1.16 bits per heavy atom. The van der Waals surface area contributed by atoms with Crippen LogP contribution in [0.5, 0.6) is 0 Å². The van der Waals surface area contributed by atoms with E-state index in [1.165, 1.54) is 4.31 Å². The quantitative estimate of drug-likeness (QED) is 0.640. The van der Waals surface area contributed by atoms with E-state index in [9.17, 15) is 17.6 Å². The lowest BCUT2D eigenvalue weighted by atomic mass is 9.98. The Morgan fingerprint density at radius 2 is 1.84 bits per heavy atom. The molecule has 0 radical (unpaired) electrons. The topological polar surface area (TPSA) is 114 Å². The monoisotopic (exact) mass is 445 g/mol. The normalized spacial score (nSPS) is 15.8. The molecule has 3 aromatic rings. The molecule has 0 bridgehead atoms. The van der Waals surface area contributed by atoms with Gasteiger partial charge < -0.3 is 9.63 Å². The van der Waals surface area contributed by atoms with Gasteiger partial charge in [0, 0.05) is 24.6 Å². The number of nitrogens with zero attached hydrogens (tertiary/aromatic N) is 3. The summed E-state index contributed by atoms with van der Waals surface area (Å²) < 4.78 is 46.1. The number of piperidine rings is 1. The maximum atomic E-state index is 13.6. The largest absolute Gasteiger partial charge is 0.478 e. The number of hydrogen-bond acceptors (Lipinski definition) is 6. The SMILES string of the molecule is Cc1ccc(-c2noc(C3CCN(S(=O)(=O)c4ccc(F)c(C(=O)O)c4)CC3)n2)cc1. The van der Waals surface area contributed by atoms with Crippen LogP contribution in [0.25, 0.3) is 11.4 Å². The van der Waals surface area contributed by atoms with Crippen LogP contribution in [0.15, 0.2) is 51.9 Å². The molecule has 0 atom stereocenters. The molecule has 1 aromatic heterocycles. The fourth-order valence-electron chi connectivity index (χ4n) is 3.54. The predicted molar refractivity (Wildman–Crippen MR) is 109 cm³/mol. The molecule has 2 heterocycles. The van der Waals surface area contributed by atoms with Crippen molar-refractivity contribution < 1.29 is 27.2 Å². The van der Waals surface area contributed by atoms with Gasteiger partial charge in [0.25, 0.3) is 0 Å². The number of aromatic nitrogens is 2. The molecule has 0 spiro atoms. The summed E-state index contributed by atoms with van der Waals surface area (Å²) in [6.07, 6.45) is 0.948. The van der Waals surface area contributed by atoms with Crippen molar-refractivity contribution >= 4 is 16.0 Å². The van der Waals surface area contributed by atoms with Gasteiger partial charge in [0.1, 0.15) is 5.82 Å². The van der Waals surface area contributed by atoms with Gasteiger partial charge in [0.05, 0.1) is 10.5 Å². The maximum absolute atomic E-state index is 13.6. The van der Waals surface area contributed by atoms with E-state index in [1.807, 2.05) is 31.2 Å². The molecular formula is C21H20FN3O5S. The average molecular weight is 445 g/mol. The van der Waals surface area contributed by atoms with Gasteiger partial charge >= 0.3 is 5.97 Å². The first-order chi connectivity index (χ1) is 14.8. The molecule has 1 aliphatic heterocycles. The van der Waals surface area contributed by atoms with Crippen molar-refractivity contribution in [3.05, 3.63) is 65.3 Å². The van der Waals surface area contributed by atoms with Gasteiger partial charge in [0.15, 0.2) is 0 Å². The van der Waals surface area contributed by atoms with E-state index in [0.29, 0.717) is 24.6 Å². The van der Waals surface area contributed by atoms with Crippen LogP contribution < -0.4 is 0 Å². The zero-order valence-corrected chi connectivity index (χ0v) is 17.5. The number of rotatable bonds is 5. The number of halogens is 1. The molecule has 1 N–H and O–H groups in total. The van der Waals surface area contributed by atoms with Crippen LogP contribution in [-0.2, 0) is 10.0 Å². The number of carboxylic acid groups (broad SMARTS) is 1. The highest BCUT2D eigenvalue weighted by Crippen LogP contribution is 2.31. The van der Waals surface area contributed by atoms with Crippen LogP contribution >= 0.6 is 0 Å². The minimum atomic E-state index is -3.95. The molecular weight excluding hydrogens is 425 g/mol. The summed E-state index contributed by atoms with van der Waals surface area (Å²) in [5, 5.41) is 13.1. The second-order valence-corrected chi connectivity index (χ2v) is 9.39. The van der Waals surface area contributed by atoms with Gasteiger partial charge in [-0.3, -0.25) is 0 Å². The third kappa shape index (κ3) is 4.21. The summed E-state index contributed by atoms with van der Waals surface area (Å²) >= 11 is 0. The third-order valence-electron chi connectivity index (χ3n) is 5.36. The molecule has 2 aromatic carbocycles. The van der Waals surface area contributed by atoms with Crippen LogP contribution in [0.3, 0.4) is 0 Å². The first-order valence-corrected chi connectivity index (χ1v) is 11.1. The van der Waals surface area contributed by atoms with Gasteiger partial charge in [-0.05, 0) is 38.0 Å². The Labute approximate surface area is 178 Å². The van der Waals surface area contributed by atoms with E-state index in [-0.39, 0.29) is 23.9 Å². The van der Waals surface area contributed by atoms with Crippen LogP contribution in [0.2, 0.25) is 0 Å². The van der Waals surface area contributed by atoms with Crippen molar-refractivity contribution in [3.8, 4) is 11.4 Å². The van der Waals surface area contributed by atoms with E-state index in [0.717, 1.165) is 29.3 Å². The molecule has 1 saturated heterocycles. The number of hydrogen-bond donors (Lipinski definition) is 1. The highest BCUT2D eigenvalue weighted by atomic mass is 32.2. The third-order valence-corrected chi connectivity index (χ3v) is 7.26. The molecule has 162 valence electrons. The molecule has 0 aliphatic carbocycles. The van der Waals surface area contributed by atoms with E-state index in [1.54, 1.807) is 0 Å². The summed E-state index contributed by atoms with van der Waals surface area (Å²) in [6.45, 7) is 2.39. The van der Waals surface area contributed by atoms with Crippen LogP contribution in [0.4, 0.5) is 4.39 Å². The number of aryl methyl sites for hydroxylation is 1. The predicted octanol–water partition coefficient (Wildman–Crippen LogP) is 3.45. The van der Waals surface area contributed by atoms with Crippen LogP contribution in [0.1, 0.15) is 40.6 Å². The minimum absolute atomic E-state index is 0.0825. The summed E-state index contributed by atoms with van der Waals surface area (Å²) in [7, 11) is -3.95. The lowest BCUT2D eigenvalue weighted by molar-refractivity contribution is 0.0691. The van der Waals surface area contributed by atoms with Crippen molar-refractivity contribution in [2.75, 3.05) is 13.1 Å². The number of benzene rings is 2. The van der Waals surface area contributed by atoms with Gasteiger partial charge in [0.2, 0.25) is 21.7 Å². The Kier molecular flexibility index (Phi) is 5.59. The first-order valence-electron chi connectivity index (χ1n) is 9.69. The number of sulfonamides is 1. The van der Waals surface area contributed by atoms with Crippen molar-refractivity contribution in [1.29, 1.82) is 0 Å². The van der Waals surface area contributed by atoms with E-state index >= 15 is 0 Å². The molecule has 1 fully saturated rings. The molecule has 0 unspecified atom stereocenters. The second-order valence-electron chi connectivity index (χ2n) is 7.45. The van der Waals surface area contributed by atoms with Gasteiger partial charge in [-0.2, -0.15) is 9.29 Å². The number of carboxylic acids is 1. The average Bonchev–Trinajstić information content (AvgIpc) is 3.24. The zero-order valence-electron chi connectivity index (χ0n) is 16.7. The van der Waals surface area contributed by atoms with Crippen molar-refractivity contribution in [2.24, 2.45) is 0 Å². The lowest BCUT2D eigenvalue weighted by Gasteiger charge is -2.29. The van der Waals surface area contributed by atoms with E-state index in [4.69, 9.17) is 9.63 Å². The Balaban J connectivity index is 1.47. The van der Waals surface area contributed by atoms with Crippen LogP contribution in [0, 0.1) is 12.7 Å². The summed E-state index contributed by atoms with van der Waals surface area (Å²) in [4.78, 5) is 15.3. The molecule has 0 saturated carbocycles. The second kappa shape index (κ2) is 8.20. The van der Waals surface area contributed by atoms with Crippen molar-refractivity contribution in [2.45, 2.75) is 30.6 Å². The number of aromatic carboxylic acids is 1. The molecule has 8 nitrogen and oxygen atoms in total. The summed E-state index contributed by atoms with van der Waals surface area (Å²) in [5.41, 5.74) is 1.29. The van der Waals surface area contributed by atoms with Gasteiger partial charge in [-0.15, -0.1) is 0 Å². The Bertz CT molecular complexity index is 1220. The maximum Gasteiger partial charge on any atom is 0.338 e. The summed E-state index contributed by atoms with van der Waals surface area (Å²) in [6, 6.07) is 10.5. The minimum Gasteiger partial charge on any atom is -0.478 e. The Hall–Kier alpha value is -3.11. The highest BCUT2D eigenvalue weighted by molar-refractivity contribution is 7.89. The van der Waals surface area contributed by atoms with E-state index < -0.39 is 27.4 Å². The van der Waals surface area contributed by atoms with Crippen molar-refractivity contribution in [1.82, 2.24) is 14.4 Å². The van der Waals surface area contributed by atoms with Crippen LogP contribution in [-0.4, -0.2) is 47.0 Å². The smallest absolute Gasteiger partial charge is 0.338 e. The zero-order chi connectivity index (χ0) is 22.2. The highest BCUT2D eigenvalue weighted by Gasteiger charge is 2.33. The molecule has 31 heavy (non-hydrogen) atoms. The van der Waals surface area contributed by atoms with Gasteiger partial charge in [-0.25, -0.2) is 17.6 Å². The van der Waals surface area contributed by atoms with Crippen molar-refractivity contribution in [3.63, 3.8) is 0 Å². The number of carbonyl (C=O) groups is 1. The van der Waals surface area contributed by atoms with Gasteiger partial charge in [-0.1, -0.05) is 35.0 Å².